The summed E-state index contributed by atoms with van der Waals surface area (Å²) in [6.45, 7) is 0. The van der Waals surface area contributed by atoms with Gasteiger partial charge in [-0.2, -0.15) is 5.10 Å². The Bertz CT molecular complexity index is 472. The van der Waals surface area contributed by atoms with Crippen molar-refractivity contribution in [3.8, 4) is 11.4 Å². The van der Waals surface area contributed by atoms with E-state index in [9.17, 15) is 0 Å². The van der Waals surface area contributed by atoms with Crippen molar-refractivity contribution in [2.45, 2.75) is 4.90 Å². The summed E-state index contributed by atoms with van der Waals surface area (Å²) in [6, 6.07) is 3.61. The van der Waals surface area contributed by atoms with E-state index in [1.165, 1.54) is 0 Å². The molecule has 1 radical (unpaired) electrons. The number of hydrogen-bond acceptors (Lipinski definition) is 3. The standard InChI is InChI=1S/C9H8ClN3S.Na/c1-13-5-3-6(12-13)9-8(10)7(14)2-4-11-9;/h2-5H,1H3,(H,11,14);. The number of halogens is 1. The molecule has 2 heterocycles. The van der Waals surface area contributed by atoms with E-state index < -0.39 is 0 Å². The average molecular weight is 249 g/mol. The van der Waals surface area contributed by atoms with Gasteiger partial charge in [0.25, 0.3) is 0 Å². The molecule has 73 valence electrons. The Labute approximate surface area is 121 Å². The molecule has 2 rings (SSSR count). The molecule has 6 heteroatoms. The van der Waals surface area contributed by atoms with Crippen LogP contribution in [0.4, 0.5) is 0 Å². The molecule has 0 saturated heterocycles. The first-order valence-corrected chi connectivity index (χ1v) is 4.84. The fraction of sp³-hybridized carbons (Fsp3) is 0.111. The zero-order chi connectivity index (χ0) is 10.1. The first kappa shape index (κ1) is 13.1. The van der Waals surface area contributed by atoms with Gasteiger partial charge < -0.3 is 0 Å². The van der Waals surface area contributed by atoms with Crippen molar-refractivity contribution in [2.24, 2.45) is 7.05 Å². The van der Waals surface area contributed by atoms with Crippen molar-refractivity contribution in [3.63, 3.8) is 0 Å². The molecule has 15 heavy (non-hydrogen) atoms. The molecule has 0 saturated carbocycles. The summed E-state index contributed by atoms with van der Waals surface area (Å²) < 4.78 is 1.71. The van der Waals surface area contributed by atoms with Crippen molar-refractivity contribution < 1.29 is 0 Å². The van der Waals surface area contributed by atoms with Gasteiger partial charge in [-0.15, -0.1) is 12.6 Å². The van der Waals surface area contributed by atoms with Gasteiger partial charge in [-0.1, -0.05) is 11.6 Å². The third kappa shape index (κ3) is 2.77. The maximum Gasteiger partial charge on any atom is 0.112 e. The molecule has 0 aromatic carbocycles. The molecule has 0 unspecified atom stereocenters. The summed E-state index contributed by atoms with van der Waals surface area (Å²) in [5, 5.41) is 4.76. The number of thiol groups is 1. The summed E-state index contributed by atoms with van der Waals surface area (Å²) in [5.41, 5.74) is 1.42. The van der Waals surface area contributed by atoms with Crippen LogP contribution in [-0.4, -0.2) is 44.3 Å². The minimum Gasteiger partial charge on any atom is -0.275 e. The van der Waals surface area contributed by atoms with E-state index in [1.54, 1.807) is 16.9 Å². The molecule has 0 fully saturated rings. The van der Waals surface area contributed by atoms with Crippen LogP contribution in [0.2, 0.25) is 5.02 Å². The van der Waals surface area contributed by atoms with Gasteiger partial charge >= 0.3 is 0 Å². The van der Waals surface area contributed by atoms with Crippen molar-refractivity contribution >= 4 is 53.8 Å². The largest absolute Gasteiger partial charge is 0.275 e. The van der Waals surface area contributed by atoms with E-state index in [-0.39, 0.29) is 29.6 Å². The van der Waals surface area contributed by atoms with E-state index in [0.717, 1.165) is 5.69 Å². The zero-order valence-corrected chi connectivity index (χ0v) is 12.1. The summed E-state index contributed by atoms with van der Waals surface area (Å²) in [5.74, 6) is 0. The van der Waals surface area contributed by atoms with Crippen LogP contribution in [0.3, 0.4) is 0 Å². The fourth-order valence-corrected chi connectivity index (χ4v) is 1.53. The summed E-state index contributed by atoms with van der Waals surface area (Å²) >= 11 is 10.3. The third-order valence-corrected chi connectivity index (χ3v) is 2.71. The maximum atomic E-state index is 6.05. The van der Waals surface area contributed by atoms with E-state index in [2.05, 4.69) is 22.7 Å². The van der Waals surface area contributed by atoms with Crippen LogP contribution in [-0.2, 0) is 7.05 Å². The molecule has 0 aliphatic rings. The van der Waals surface area contributed by atoms with Crippen LogP contribution in [0, 0.1) is 0 Å². The molecule has 0 atom stereocenters. The van der Waals surface area contributed by atoms with Crippen LogP contribution in [0.15, 0.2) is 29.4 Å². The van der Waals surface area contributed by atoms with Gasteiger partial charge in [-0.3, -0.25) is 9.67 Å². The van der Waals surface area contributed by atoms with Crippen LogP contribution >= 0.6 is 24.2 Å². The molecule has 0 aliphatic heterocycles. The normalized spacial score (nSPS) is 9.80. The SMILES string of the molecule is Cn1ccc(-c2nccc(S)c2Cl)n1.[Na]. The molecule has 0 N–H and O–H groups in total. The Hall–Kier alpha value is 0. The topological polar surface area (TPSA) is 30.7 Å². The van der Waals surface area contributed by atoms with Crippen molar-refractivity contribution in [2.75, 3.05) is 0 Å². The quantitative estimate of drug-likeness (QED) is 0.619. The van der Waals surface area contributed by atoms with Crippen molar-refractivity contribution in [3.05, 3.63) is 29.5 Å². The molecule has 0 amide bonds. The second-order valence-corrected chi connectivity index (χ2v) is 3.73. The van der Waals surface area contributed by atoms with Gasteiger partial charge in [-0.25, -0.2) is 0 Å². The Morgan fingerprint density at radius 3 is 2.73 bits per heavy atom. The zero-order valence-electron chi connectivity index (χ0n) is 8.48. The summed E-state index contributed by atoms with van der Waals surface area (Å²) in [7, 11) is 1.85. The Balaban J connectivity index is 0.00000112. The number of aromatic nitrogens is 3. The van der Waals surface area contributed by atoms with Crippen LogP contribution in [0.5, 0.6) is 0 Å². The minimum atomic E-state index is 0. The number of nitrogens with zero attached hydrogens (tertiary/aromatic N) is 3. The molecule has 3 nitrogen and oxygen atoms in total. The number of aryl methyl sites for hydroxylation is 1. The molecule has 0 bridgehead atoms. The smallest absolute Gasteiger partial charge is 0.112 e. The van der Waals surface area contributed by atoms with Gasteiger partial charge in [0.1, 0.15) is 11.4 Å². The molecule has 0 aliphatic carbocycles. The molecular formula is C9H8ClN3NaS. The first-order chi connectivity index (χ1) is 6.68. The second-order valence-electron chi connectivity index (χ2n) is 2.87. The van der Waals surface area contributed by atoms with Crippen molar-refractivity contribution in [1.82, 2.24) is 14.8 Å². The van der Waals surface area contributed by atoms with Crippen LogP contribution in [0.1, 0.15) is 0 Å². The van der Waals surface area contributed by atoms with Crippen LogP contribution < -0.4 is 0 Å². The van der Waals surface area contributed by atoms with Crippen molar-refractivity contribution in [1.29, 1.82) is 0 Å². The van der Waals surface area contributed by atoms with E-state index in [4.69, 9.17) is 11.6 Å². The van der Waals surface area contributed by atoms with Gasteiger partial charge in [0.2, 0.25) is 0 Å². The minimum absolute atomic E-state index is 0. The molecular weight excluding hydrogens is 241 g/mol. The molecule has 2 aromatic rings. The third-order valence-electron chi connectivity index (χ3n) is 1.83. The predicted octanol–water partition coefficient (Wildman–Crippen LogP) is 2.04. The average Bonchev–Trinajstić information content (AvgIpc) is 2.57. The van der Waals surface area contributed by atoms with Gasteiger partial charge in [0.15, 0.2) is 0 Å². The fourth-order valence-electron chi connectivity index (χ4n) is 1.15. The van der Waals surface area contributed by atoms with Gasteiger partial charge in [0, 0.05) is 53.9 Å². The monoisotopic (exact) mass is 248 g/mol. The number of hydrogen-bond donors (Lipinski definition) is 1. The Morgan fingerprint density at radius 1 is 1.40 bits per heavy atom. The first-order valence-electron chi connectivity index (χ1n) is 4.02. The van der Waals surface area contributed by atoms with Gasteiger partial charge in [-0.05, 0) is 12.1 Å². The molecule has 0 spiro atoms. The Kier molecular flexibility index (Phi) is 4.67. The van der Waals surface area contributed by atoms with E-state index in [0.29, 0.717) is 15.6 Å². The second kappa shape index (κ2) is 5.37. The summed E-state index contributed by atoms with van der Waals surface area (Å²) in [4.78, 5) is 4.88. The maximum absolute atomic E-state index is 6.05. The summed E-state index contributed by atoms with van der Waals surface area (Å²) in [6.07, 6.45) is 3.51. The van der Waals surface area contributed by atoms with Gasteiger partial charge in [0.05, 0.1) is 5.02 Å². The van der Waals surface area contributed by atoms with Crippen LogP contribution in [0.25, 0.3) is 11.4 Å². The van der Waals surface area contributed by atoms with E-state index in [1.807, 2.05) is 19.3 Å². The number of rotatable bonds is 1. The van der Waals surface area contributed by atoms with E-state index >= 15 is 0 Å². The number of pyridine rings is 1. The Morgan fingerprint density at radius 2 is 2.13 bits per heavy atom. The predicted molar refractivity (Wildman–Crippen MR) is 64.5 cm³/mol. The molecule has 2 aromatic heterocycles.